The number of benzene rings is 2. The van der Waals surface area contributed by atoms with Crippen LogP contribution in [-0.2, 0) is 6.42 Å². The van der Waals surface area contributed by atoms with Gasteiger partial charge in [0.15, 0.2) is 0 Å². The van der Waals surface area contributed by atoms with Gasteiger partial charge in [-0.05, 0) is 18.1 Å². The molecule has 3 rings (SSSR count). The Morgan fingerprint density at radius 2 is 1.62 bits per heavy atom. The van der Waals surface area contributed by atoms with Gasteiger partial charge < -0.3 is 5.73 Å². The summed E-state index contributed by atoms with van der Waals surface area (Å²) in [4.78, 5) is 9.01. The van der Waals surface area contributed by atoms with Crippen LogP contribution >= 0.6 is 0 Å². The molecule has 2 aromatic carbocycles. The molecule has 2 N–H and O–H groups in total. The quantitative estimate of drug-likeness (QED) is 0.794. The fourth-order valence-electron chi connectivity index (χ4n) is 2.33. The van der Waals surface area contributed by atoms with Crippen molar-refractivity contribution in [1.82, 2.24) is 9.97 Å². The van der Waals surface area contributed by atoms with Crippen molar-refractivity contribution < 1.29 is 0 Å². The molecule has 0 atom stereocenters. The van der Waals surface area contributed by atoms with E-state index in [9.17, 15) is 0 Å². The third kappa shape index (κ3) is 3.08. The fourth-order valence-corrected chi connectivity index (χ4v) is 2.33. The minimum atomic E-state index is 0.507. The average molecular weight is 275 g/mol. The van der Waals surface area contributed by atoms with E-state index in [0.717, 1.165) is 17.1 Å². The lowest BCUT2D eigenvalue weighted by Gasteiger charge is -2.08. The summed E-state index contributed by atoms with van der Waals surface area (Å²) in [5.41, 5.74) is 10.3. The molecule has 1 aromatic heterocycles. The number of hydrogen-bond acceptors (Lipinski definition) is 3. The highest BCUT2D eigenvalue weighted by Gasteiger charge is 2.07. The molecule has 3 nitrogen and oxygen atoms in total. The van der Waals surface area contributed by atoms with E-state index in [0.29, 0.717) is 12.2 Å². The zero-order chi connectivity index (χ0) is 14.7. The van der Waals surface area contributed by atoms with E-state index in [1.54, 1.807) is 0 Å². The van der Waals surface area contributed by atoms with Crippen LogP contribution in [0.2, 0.25) is 0 Å². The van der Waals surface area contributed by atoms with E-state index in [2.05, 4.69) is 29.0 Å². The molecule has 0 fully saturated rings. The molecule has 0 spiro atoms. The van der Waals surface area contributed by atoms with Crippen LogP contribution in [-0.4, -0.2) is 9.97 Å². The number of nitrogens with two attached hydrogens (primary N) is 1. The van der Waals surface area contributed by atoms with Gasteiger partial charge in [-0.1, -0.05) is 54.6 Å². The summed E-state index contributed by atoms with van der Waals surface area (Å²) in [5.74, 6) is 1.26. The first-order valence-corrected chi connectivity index (χ1v) is 6.96. The molecule has 0 aliphatic carbocycles. The summed E-state index contributed by atoms with van der Waals surface area (Å²) in [6.45, 7) is 2.10. The predicted octanol–water partition coefficient (Wildman–Crippen LogP) is 3.63. The second kappa shape index (κ2) is 5.75. The summed E-state index contributed by atoms with van der Waals surface area (Å²) in [6, 6.07) is 20.1. The molecule has 0 aliphatic rings. The monoisotopic (exact) mass is 275 g/mol. The molecular formula is C18H17N3. The number of anilines is 1. The summed E-state index contributed by atoms with van der Waals surface area (Å²) in [7, 11) is 0. The Hall–Kier alpha value is -2.68. The van der Waals surface area contributed by atoms with Gasteiger partial charge in [-0.3, -0.25) is 0 Å². The molecule has 3 aromatic rings. The van der Waals surface area contributed by atoms with E-state index in [-0.39, 0.29) is 0 Å². The van der Waals surface area contributed by atoms with Gasteiger partial charge >= 0.3 is 0 Å². The Labute approximate surface area is 124 Å². The van der Waals surface area contributed by atoms with E-state index < -0.39 is 0 Å². The summed E-state index contributed by atoms with van der Waals surface area (Å²) in [6.07, 6.45) is 0.692. The van der Waals surface area contributed by atoms with Gasteiger partial charge in [-0.15, -0.1) is 0 Å². The molecule has 0 bridgehead atoms. The molecule has 0 saturated carbocycles. The highest BCUT2D eigenvalue weighted by atomic mass is 14.9. The molecule has 21 heavy (non-hydrogen) atoms. The number of nitrogen functional groups attached to an aromatic ring is 1. The number of nitrogens with zero attached hydrogens (tertiary/aromatic N) is 2. The molecule has 0 aliphatic heterocycles. The lowest BCUT2D eigenvalue weighted by Crippen LogP contribution is -2.03. The van der Waals surface area contributed by atoms with Gasteiger partial charge in [0.2, 0.25) is 0 Å². The molecule has 0 amide bonds. The first kappa shape index (κ1) is 13.3. The van der Waals surface area contributed by atoms with Gasteiger partial charge in [0.05, 0.1) is 5.69 Å². The maximum absolute atomic E-state index is 5.94. The lowest BCUT2D eigenvalue weighted by molar-refractivity contribution is 0.970. The molecule has 3 heteroatoms. The Morgan fingerprint density at radius 1 is 0.905 bits per heavy atom. The largest absolute Gasteiger partial charge is 0.384 e. The Morgan fingerprint density at radius 3 is 2.38 bits per heavy atom. The van der Waals surface area contributed by atoms with Crippen molar-refractivity contribution in [2.75, 3.05) is 5.73 Å². The van der Waals surface area contributed by atoms with Gasteiger partial charge in [0, 0.05) is 18.1 Å². The summed E-state index contributed by atoms with van der Waals surface area (Å²) >= 11 is 0. The topological polar surface area (TPSA) is 51.8 Å². The van der Waals surface area contributed by atoms with E-state index in [1.807, 2.05) is 48.5 Å². The molecule has 0 unspecified atom stereocenters. The second-order valence-corrected chi connectivity index (χ2v) is 5.06. The highest BCUT2D eigenvalue weighted by molar-refractivity contribution is 5.61. The van der Waals surface area contributed by atoms with Crippen LogP contribution in [0.4, 0.5) is 5.82 Å². The second-order valence-electron chi connectivity index (χ2n) is 5.06. The zero-order valence-corrected chi connectivity index (χ0v) is 12.0. The Balaban J connectivity index is 1.97. The van der Waals surface area contributed by atoms with Crippen molar-refractivity contribution in [2.45, 2.75) is 13.3 Å². The van der Waals surface area contributed by atoms with E-state index in [1.165, 1.54) is 11.1 Å². The van der Waals surface area contributed by atoms with Crippen molar-refractivity contribution in [3.63, 3.8) is 0 Å². The SMILES string of the molecule is Cc1ccccc1Cc1nc(N)cc(-c2ccccc2)n1. The zero-order valence-electron chi connectivity index (χ0n) is 12.0. The third-order valence-electron chi connectivity index (χ3n) is 3.47. The smallest absolute Gasteiger partial charge is 0.135 e. The number of aryl methyl sites for hydroxylation is 1. The predicted molar refractivity (Wildman–Crippen MR) is 85.9 cm³/mol. The van der Waals surface area contributed by atoms with Crippen LogP contribution in [0.3, 0.4) is 0 Å². The molecule has 104 valence electrons. The van der Waals surface area contributed by atoms with Crippen molar-refractivity contribution >= 4 is 5.82 Å². The van der Waals surface area contributed by atoms with Gasteiger partial charge in [0.25, 0.3) is 0 Å². The summed E-state index contributed by atoms with van der Waals surface area (Å²) in [5, 5.41) is 0. The standard InChI is InChI=1S/C18H17N3/c1-13-7-5-6-10-15(13)11-18-20-16(12-17(19)21-18)14-8-3-2-4-9-14/h2-10,12H,11H2,1H3,(H2,19,20,21). The van der Waals surface area contributed by atoms with E-state index in [4.69, 9.17) is 5.73 Å². The molecule has 1 heterocycles. The van der Waals surface area contributed by atoms with Crippen molar-refractivity contribution in [3.8, 4) is 11.3 Å². The van der Waals surface area contributed by atoms with Crippen LogP contribution in [0, 0.1) is 6.92 Å². The highest BCUT2D eigenvalue weighted by Crippen LogP contribution is 2.20. The van der Waals surface area contributed by atoms with Crippen molar-refractivity contribution in [1.29, 1.82) is 0 Å². The van der Waals surface area contributed by atoms with Crippen LogP contribution in [0.25, 0.3) is 11.3 Å². The third-order valence-corrected chi connectivity index (χ3v) is 3.47. The fraction of sp³-hybridized carbons (Fsp3) is 0.111. The van der Waals surface area contributed by atoms with Gasteiger partial charge in [0.1, 0.15) is 11.6 Å². The summed E-state index contributed by atoms with van der Waals surface area (Å²) < 4.78 is 0. The minimum Gasteiger partial charge on any atom is -0.384 e. The van der Waals surface area contributed by atoms with E-state index >= 15 is 0 Å². The van der Waals surface area contributed by atoms with Crippen molar-refractivity contribution in [3.05, 3.63) is 77.6 Å². The molecular weight excluding hydrogens is 258 g/mol. The van der Waals surface area contributed by atoms with Crippen LogP contribution in [0.15, 0.2) is 60.7 Å². The van der Waals surface area contributed by atoms with Crippen LogP contribution < -0.4 is 5.73 Å². The maximum atomic E-state index is 5.94. The number of aromatic nitrogens is 2. The Bertz CT molecular complexity index is 751. The van der Waals surface area contributed by atoms with Crippen molar-refractivity contribution in [2.24, 2.45) is 0 Å². The van der Waals surface area contributed by atoms with Gasteiger partial charge in [-0.25, -0.2) is 9.97 Å². The maximum Gasteiger partial charge on any atom is 0.135 e. The molecule has 0 radical (unpaired) electrons. The number of hydrogen-bond donors (Lipinski definition) is 1. The molecule has 0 saturated heterocycles. The van der Waals surface area contributed by atoms with Crippen LogP contribution in [0.1, 0.15) is 17.0 Å². The average Bonchev–Trinajstić information content (AvgIpc) is 2.50. The normalized spacial score (nSPS) is 10.5. The van der Waals surface area contributed by atoms with Crippen LogP contribution in [0.5, 0.6) is 0 Å². The Kier molecular flexibility index (Phi) is 3.65. The minimum absolute atomic E-state index is 0.507. The van der Waals surface area contributed by atoms with Gasteiger partial charge in [-0.2, -0.15) is 0 Å². The first-order chi connectivity index (χ1) is 10.2. The first-order valence-electron chi connectivity index (χ1n) is 6.96. The number of rotatable bonds is 3. The lowest BCUT2D eigenvalue weighted by atomic mass is 10.1.